The van der Waals surface area contributed by atoms with Gasteiger partial charge in [-0.3, -0.25) is 0 Å². The minimum Gasteiger partial charge on any atom is -0.384 e. The third kappa shape index (κ3) is 4.24. The Morgan fingerprint density at radius 2 is 2.10 bits per heavy atom. The summed E-state index contributed by atoms with van der Waals surface area (Å²) in [6.45, 7) is 10.2. The van der Waals surface area contributed by atoms with Crippen molar-refractivity contribution >= 4 is 5.69 Å². The van der Waals surface area contributed by atoms with Crippen LogP contribution in [-0.2, 0) is 13.0 Å². The van der Waals surface area contributed by atoms with Crippen LogP contribution in [0, 0.1) is 5.41 Å². The van der Waals surface area contributed by atoms with E-state index < -0.39 is 0 Å². The van der Waals surface area contributed by atoms with Gasteiger partial charge >= 0.3 is 0 Å². The zero-order valence-electron chi connectivity index (χ0n) is 13.4. The van der Waals surface area contributed by atoms with Crippen LogP contribution in [0.1, 0.15) is 57.6 Å². The highest BCUT2D eigenvalue weighted by atomic mass is 14.9. The van der Waals surface area contributed by atoms with Gasteiger partial charge in [0.1, 0.15) is 0 Å². The molecule has 0 radical (unpaired) electrons. The highest BCUT2D eigenvalue weighted by molar-refractivity contribution is 5.61. The minimum absolute atomic E-state index is 0.403. The molecule has 0 aliphatic carbocycles. The zero-order valence-corrected chi connectivity index (χ0v) is 13.4. The van der Waals surface area contributed by atoms with Gasteiger partial charge in [0.05, 0.1) is 0 Å². The molecule has 2 N–H and O–H groups in total. The first-order valence-electron chi connectivity index (χ1n) is 8.18. The molecule has 1 aromatic carbocycles. The van der Waals surface area contributed by atoms with E-state index in [-0.39, 0.29) is 0 Å². The fourth-order valence-electron chi connectivity index (χ4n) is 3.04. The van der Waals surface area contributed by atoms with Gasteiger partial charge in [-0.1, -0.05) is 58.2 Å². The van der Waals surface area contributed by atoms with Gasteiger partial charge in [0.25, 0.3) is 0 Å². The molecule has 2 rings (SSSR count). The van der Waals surface area contributed by atoms with Gasteiger partial charge in [0.2, 0.25) is 0 Å². The third-order valence-corrected chi connectivity index (χ3v) is 4.31. The fourth-order valence-corrected chi connectivity index (χ4v) is 3.04. The van der Waals surface area contributed by atoms with Gasteiger partial charge in [-0.15, -0.1) is 0 Å². The number of hydrogen-bond acceptors (Lipinski definition) is 2. The molecule has 1 aliphatic heterocycles. The van der Waals surface area contributed by atoms with E-state index >= 15 is 0 Å². The lowest BCUT2D eigenvalue weighted by atomic mass is 9.87. The molecule has 0 amide bonds. The first kappa shape index (κ1) is 15.4. The fraction of sp³-hybridized carbons (Fsp3) is 0.667. The SMILES string of the molecule is CCCCCC(C)(C)CNCc1cccc2c1NCC2. The number of rotatable bonds is 8. The Bertz CT molecular complexity index is 423. The quantitative estimate of drug-likeness (QED) is 0.689. The van der Waals surface area contributed by atoms with Crippen molar-refractivity contribution in [3.05, 3.63) is 29.3 Å². The molecule has 0 saturated heterocycles. The molecule has 0 fully saturated rings. The van der Waals surface area contributed by atoms with E-state index in [0.717, 1.165) is 19.6 Å². The maximum absolute atomic E-state index is 3.66. The first-order valence-corrected chi connectivity index (χ1v) is 8.18. The summed E-state index contributed by atoms with van der Waals surface area (Å²) in [6.07, 6.45) is 6.52. The molecule has 1 heterocycles. The van der Waals surface area contributed by atoms with Crippen LogP contribution < -0.4 is 10.6 Å². The molecule has 0 bridgehead atoms. The number of para-hydroxylation sites is 1. The molecule has 112 valence electrons. The number of anilines is 1. The number of fused-ring (bicyclic) bond motifs is 1. The van der Waals surface area contributed by atoms with Crippen LogP contribution in [0.4, 0.5) is 5.69 Å². The van der Waals surface area contributed by atoms with Gasteiger partial charge in [0.15, 0.2) is 0 Å². The van der Waals surface area contributed by atoms with E-state index in [9.17, 15) is 0 Å². The second-order valence-corrected chi connectivity index (χ2v) is 6.85. The van der Waals surface area contributed by atoms with E-state index in [0.29, 0.717) is 5.41 Å². The standard InChI is InChI=1S/C18H30N2/c1-4-5-6-11-18(2,3)14-19-13-16-9-7-8-15-10-12-20-17(15)16/h7-9,19-20H,4-6,10-14H2,1-3H3. The molecule has 2 nitrogen and oxygen atoms in total. The predicted molar refractivity (Wildman–Crippen MR) is 88.3 cm³/mol. The number of benzene rings is 1. The molecule has 2 heteroatoms. The highest BCUT2D eigenvalue weighted by Crippen LogP contribution is 2.27. The van der Waals surface area contributed by atoms with Crippen molar-refractivity contribution in [1.29, 1.82) is 0 Å². The summed E-state index contributed by atoms with van der Waals surface area (Å²) in [7, 11) is 0. The summed E-state index contributed by atoms with van der Waals surface area (Å²) >= 11 is 0. The Morgan fingerprint density at radius 1 is 1.25 bits per heavy atom. The van der Waals surface area contributed by atoms with Crippen molar-refractivity contribution in [3.8, 4) is 0 Å². The lowest BCUT2D eigenvalue weighted by Crippen LogP contribution is -2.29. The minimum atomic E-state index is 0.403. The number of unbranched alkanes of at least 4 members (excludes halogenated alkanes) is 2. The second-order valence-electron chi connectivity index (χ2n) is 6.85. The molecule has 0 aromatic heterocycles. The molecule has 0 atom stereocenters. The number of hydrogen-bond donors (Lipinski definition) is 2. The Labute approximate surface area is 124 Å². The topological polar surface area (TPSA) is 24.1 Å². The summed E-state index contributed by atoms with van der Waals surface area (Å²) in [5.41, 5.74) is 4.68. The van der Waals surface area contributed by atoms with Crippen LogP contribution in [0.5, 0.6) is 0 Å². The molecule has 1 aromatic rings. The van der Waals surface area contributed by atoms with Gasteiger partial charge in [0, 0.05) is 25.3 Å². The largest absolute Gasteiger partial charge is 0.384 e. The van der Waals surface area contributed by atoms with Crippen molar-refractivity contribution in [3.63, 3.8) is 0 Å². The molecule has 0 spiro atoms. The first-order chi connectivity index (χ1) is 9.62. The lowest BCUT2D eigenvalue weighted by molar-refractivity contribution is 0.302. The van der Waals surface area contributed by atoms with Crippen molar-refractivity contribution < 1.29 is 0 Å². The molecule has 0 saturated carbocycles. The lowest BCUT2D eigenvalue weighted by Gasteiger charge is -2.25. The molecule has 20 heavy (non-hydrogen) atoms. The maximum Gasteiger partial charge on any atom is 0.0419 e. The van der Waals surface area contributed by atoms with Crippen LogP contribution >= 0.6 is 0 Å². The molecular formula is C18H30N2. The molecule has 0 unspecified atom stereocenters. The van der Waals surface area contributed by atoms with Crippen LogP contribution in [0.15, 0.2) is 18.2 Å². The van der Waals surface area contributed by atoms with Crippen molar-refractivity contribution in [1.82, 2.24) is 5.32 Å². The van der Waals surface area contributed by atoms with Gasteiger partial charge < -0.3 is 10.6 Å². The van der Waals surface area contributed by atoms with E-state index in [4.69, 9.17) is 0 Å². The summed E-state index contributed by atoms with van der Waals surface area (Å²) in [5, 5.41) is 7.18. The van der Waals surface area contributed by atoms with Gasteiger partial charge in [-0.05, 0) is 29.4 Å². The summed E-state index contributed by atoms with van der Waals surface area (Å²) in [6, 6.07) is 6.68. The van der Waals surface area contributed by atoms with Crippen LogP contribution in [0.3, 0.4) is 0 Å². The Hall–Kier alpha value is -1.02. The van der Waals surface area contributed by atoms with Crippen LogP contribution in [0.25, 0.3) is 0 Å². The van der Waals surface area contributed by atoms with Gasteiger partial charge in [-0.25, -0.2) is 0 Å². The van der Waals surface area contributed by atoms with E-state index in [1.54, 1.807) is 0 Å². The normalized spacial score (nSPS) is 14.2. The van der Waals surface area contributed by atoms with Crippen molar-refractivity contribution in [2.24, 2.45) is 5.41 Å². The highest BCUT2D eigenvalue weighted by Gasteiger charge is 2.18. The second kappa shape index (κ2) is 7.12. The van der Waals surface area contributed by atoms with E-state index in [1.807, 2.05) is 0 Å². The van der Waals surface area contributed by atoms with Crippen LogP contribution in [-0.4, -0.2) is 13.1 Å². The van der Waals surface area contributed by atoms with Gasteiger partial charge in [-0.2, -0.15) is 0 Å². The predicted octanol–water partition coefficient (Wildman–Crippen LogP) is 4.35. The smallest absolute Gasteiger partial charge is 0.0419 e. The maximum atomic E-state index is 3.66. The van der Waals surface area contributed by atoms with Crippen molar-refractivity contribution in [2.75, 3.05) is 18.4 Å². The monoisotopic (exact) mass is 274 g/mol. The van der Waals surface area contributed by atoms with E-state index in [2.05, 4.69) is 49.6 Å². The molecular weight excluding hydrogens is 244 g/mol. The third-order valence-electron chi connectivity index (χ3n) is 4.31. The number of nitrogens with one attached hydrogen (secondary N) is 2. The Kier molecular flexibility index (Phi) is 5.47. The molecule has 1 aliphatic rings. The summed E-state index contributed by atoms with van der Waals surface area (Å²) in [5.74, 6) is 0. The summed E-state index contributed by atoms with van der Waals surface area (Å²) < 4.78 is 0. The average molecular weight is 274 g/mol. The van der Waals surface area contributed by atoms with Crippen LogP contribution in [0.2, 0.25) is 0 Å². The summed E-state index contributed by atoms with van der Waals surface area (Å²) in [4.78, 5) is 0. The Morgan fingerprint density at radius 3 is 2.90 bits per heavy atom. The van der Waals surface area contributed by atoms with E-state index in [1.165, 1.54) is 48.9 Å². The Balaban J connectivity index is 1.80. The average Bonchev–Trinajstić information content (AvgIpc) is 2.88. The zero-order chi connectivity index (χ0) is 14.4. The van der Waals surface area contributed by atoms with Crippen molar-refractivity contribution in [2.45, 2.75) is 59.4 Å².